The summed E-state index contributed by atoms with van der Waals surface area (Å²) in [4.78, 5) is 25.9. The molecule has 2 N–H and O–H groups in total. The average Bonchev–Trinajstić information content (AvgIpc) is 2.62. The molecule has 0 saturated heterocycles. The third kappa shape index (κ3) is 4.54. The van der Waals surface area contributed by atoms with Crippen molar-refractivity contribution < 1.29 is 9.53 Å². The number of benzene rings is 1. The van der Waals surface area contributed by atoms with Crippen molar-refractivity contribution in [2.24, 2.45) is 5.92 Å². The van der Waals surface area contributed by atoms with Gasteiger partial charge in [0.25, 0.3) is 0 Å². The molecule has 1 aromatic carbocycles. The van der Waals surface area contributed by atoms with Crippen molar-refractivity contribution in [1.82, 2.24) is 4.98 Å². The number of nitrogens with one attached hydrogen (secondary N) is 1. The van der Waals surface area contributed by atoms with Crippen molar-refractivity contribution in [3.05, 3.63) is 40.2 Å². The number of H-pyrrole nitrogens is 1. The predicted octanol–water partition coefficient (Wildman–Crippen LogP) is 4.46. The second kappa shape index (κ2) is 8.87. The number of rotatable bonds is 9. The molecule has 0 aliphatic heterocycles. The van der Waals surface area contributed by atoms with Crippen LogP contribution in [0.1, 0.15) is 52.0 Å². The molecule has 0 fully saturated rings. The monoisotopic (exact) mass is 401 g/mol. The summed E-state index contributed by atoms with van der Waals surface area (Å²) in [6.45, 7) is 13.5. The highest BCUT2D eigenvalue weighted by atomic mass is 28.4. The Morgan fingerprint density at radius 3 is 2.50 bits per heavy atom. The normalized spacial score (nSPS) is 14.8. The van der Waals surface area contributed by atoms with Gasteiger partial charge >= 0.3 is 0 Å². The van der Waals surface area contributed by atoms with E-state index in [2.05, 4.69) is 46.6 Å². The number of hydrogen-bond donors (Lipinski definition) is 2. The van der Waals surface area contributed by atoms with Gasteiger partial charge in [-0.15, -0.1) is 0 Å². The average molecular weight is 401 g/mol. The first-order chi connectivity index (χ1) is 13.0. The molecule has 0 saturated carbocycles. The van der Waals surface area contributed by atoms with Crippen LogP contribution in [-0.4, -0.2) is 32.6 Å². The first-order valence-electron chi connectivity index (χ1n) is 10.6. The van der Waals surface area contributed by atoms with Crippen LogP contribution in [0.15, 0.2) is 29.1 Å². The lowest BCUT2D eigenvalue weighted by molar-refractivity contribution is 0.311. The Labute approximate surface area is 171 Å². The van der Waals surface area contributed by atoms with Crippen LogP contribution in [0.4, 0.5) is 0 Å². The fourth-order valence-corrected chi connectivity index (χ4v) is 5.24. The second-order valence-electron chi connectivity index (χ2n) is 9.05. The summed E-state index contributed by atoms with van der Waals surface area (Å²) >= 11 is 0. The summed E-state index contributed by atoms with van der Waals surface area (Å²) in [5, 5.41) is 0.902. The van der Waals surface area contributed by atoms with Gasteiger partial charge in [-0.2, -0.15) is 0 Å². The zero-order valence-corrected chi connectivity index (χ0v) is 19.6. The number of fused-ring (bicyclic) bond motifs is 1. The summed E-state index contributed by atoms with van der Waals surface area (Å²) < 4.78 is 5.96. The lowest BCUT2D eigenvalue weighted by Gasteiger charge is -2.44. The molecule has 0 amide bonds. The highest BCUT2D eigenvalue weighted by molar-refractivity contribution is 6.73. The topological polar surface area (TPSA) is 62.3 Å². The molecule has 0 radical (unpaired) electrons. The van der Waals surface area contributed by atoms with Crippen molar-refractivity contribution in [3.8, 4) is 5.75 Å². The van der Waals surface area contributed by atoms with E-state index in [1.807, 2.05) is 25.2 Å². The maximum absolute atomic E-state index is 12.0. The van der Waals surface area contributed by atoms with Gasteiger partial charge in [-0.3, -0.25) is 4.79 Å². The third-order valence-electron chi connectivity index (χ3n) is 6.80. The highest BCUT2D eigenvalue weighted by Crippen LogP contribution is 2.51. The predicted molar refractivity (Wildman–Crippen MR) is 124 cm³/mol. The zero-order valence-electron chi connectivity index (χ0n) is 18.6. The van der Waals surface area contributed by atoms with Gasteiger partial charge in [-0.05, 0) is 54.1 Å². The number of unbranched alkanes of at least 4 members (excludes halogenated alkanes) is 1. The Hall–Kier alpha value is -1.53. The second-order valence-corrected chi connectivity index (χ2v) is 13.5. The first-order valence-corrected chi connectivity index (χ1v) is 13.5. The molecule has 1 aromatic heterocycles. The molecule has 28 heavy (non-hydrogen) atoms. The van der Waals surface area contributed by atoms with Gasteiger partial charge in [-0.25, -0.2) is 0 Å². The Morgan fingerprint density at radius 2 is 1.93 bits per heavy atom. The van der Waals surface area contributed by atoms with Gasteiger partial charge in [0.05, 0.1) is 12.1 Å². The molecule has 0 spiro atoms. The summed E-state index contributed by atoms with van der Waals surface area (Å²) in [6.07, 6.45) is 3.02. The van der Waals surface area contributed by atoms with E-state index in [4.69, 9.17) is 4.74 Å². The van der Waals surface area contributed by atoms with Gasteiger partial charge < -0.3 is 14.5 Å². The van der Waals surface area contributed by atoms with Crippen molar-refractivity contribution in [2.45, 2.75) is 70.9 Å². The number of aromatic nitrogens is 1. The molecule has 0 bridgehead atoms. The van der Waals surface area contributed by atoms with E-state index in [0.29, 0.717) is 12.5 Å². The van der Waals surface area contributed by atoms with Crippen molar-refractivity contribution in [3.63, 3.8) is 0 Å². The molecule has 2 rings (SSSR count). The molecule has 1 heterocycles. The standard InChI is InChI=1S/C22H36BNO3Si/c1-7-8-13-27-19-11-9-16(17-10-12-20(25)24-21(17)19)18(14-23)15(2)22(3,4)28(5,6)26/h9-12,15,18,26H,7-8,13-14,23H2,1-6H3,(H,24,25)/t15?,18-/m1/s1. The summed E-state index contributed by atoms with van der Waals surface area (Å²) in [7, 11) is -0.151. The molecule has 0 aliphatic carbocycles. The molecular weight excluding hydrogens is 365 g/mol. The van der Waals surface area contributed by atoms with Crippen molar-refractivity contribution in [1.29, 1.82) is 0 Å². The van der Waals surface area contributed by atoms with Gasteiger partial charge in [0.15, 0.2) is 8.32 Å². The van der Waals surface area contributed by atoms with Crippen LogP contribution in [0.2, 0.25) is 24.5 Å². The molecular formula is C22H36BNO3Si. The summed E-state index contributed by atoms with van der Waals surface area (Å²) in [6, 6.07) is 7.65. The largest absolute Gasteiger partial charge is 0.491 e. The summed E-state index contributed by atoms with van der Waals surface area (Å²) in [5.41, 5.74) is 1.88. The minimum Gasteiger partial charge on any atom is -0.491 e. The molecule has 6 heteroatoms. The van der Waals surface area contributed by atoms with Gasteiger partial charge in [-0.1, -0.05) is 46.5 Å². The summed E-state index contributed by atoms with van der Waals surface area (Å²) in [5.74, 6) is 1.32. The minimum atomic E-state index is -2.35. The number of hydrogen-bond acceptors (Lipinski definition) is 3. The number of pyridine rings is 1. The van der Waals surface area contributed by atoms with E-state index in [9.17, 15) is 9.59 Å². The smallest absolute Gasteiger partial charge is 0.248 e. The quantitative estimate of drug-likeness (QED) is 0.482. The van der Waals surface area contributed by atoms with Gasteiger partial charge in [0, 0.05) is 11.5 Å². The fraction of sp³-hybridized carbons (Fsp3) is 0.591. The van der Waals surface area contributed by atoms with Crippen molar-refractivity contribution >= 4 is 27.1 Å². The molecule has 154 valence electrons. The van der Waals surface area contributed by atoms with Crippen LogP contribution in [-0.2, 0) is 0 Å². The van der Waals surface area contributed by atoms with E-state index in [1.165, 1.54) is 5.56 Å². The Balaban J connectivity index is 2.56. The lowest BCUT2D eigenvalue weighted by atomic mass is 9.72. The van der Waals surface area contributed by atoms with E-state index in [-0.39, 0.29) is 16.5 Å². The van der Waals surface area contributed by atoms with E-state index >= 15 is 0 Å². The molecule has 1 unspecified atom stereocenters. The molecule has 2 atom stereocenters. The van der Waals surface area contributed by atoms with Crippen molar-refractivity contribution in [2.75, 3.05) is 6.61 Å². The third-order valence-corrected chi connectivity index (χ3v) is 10.4. The van der Waals surface area contributed by atoms with Crippen LogP contribution in [0, 0.1) is 5.92 Å². The fourth-order valence-electron chi connectivity index (χ4n) is 3.92. The molecule has 0 aliphatic rings. The number of aromatic amines is 1. The first kappa shape index (κ1) is 22.8. The van der Waals surface area contributed by atoms with Crippen LogP contribution in [0.3, 0.4) is 0 Å². The van der Waals surface area contributed by atoms with E-state index in [0.717, 1.165) is 35.8 Å². The van der Waals surface area contributed by atoms with Crippen LogP contribution in [0.25, 0.3) is 10.9 Å². The Bertz CT molecular complexity index is 857. The highest BCUT2D eigenvalue weighted by Gasteiger charge is 2.45. The van der Waals surface area contributed by atoms with E-state index < -0.39 is 8.32 Å². The van der Waals surface area contributed by atoms with Gasteiger partial charge in [0.2, 0.25) is 5.56 Å². The number of ether oxygens (including phenoxy) is 1. The zero-order chi connectivity index (χ0) is 21.1. The molecule has 4 nitrogen and oxygen atoms in total. The lowest BCUT2D eigenvalue weighted by Crippen LogP contribution is -2.44. The minimum absolute atomic E-state index is 0.115. The van der Waals surface area contributed by atoms with E-state index in [1.54, 1.807) is 6.07 Å². The van der Waals surface area contributed by atoms with Crippen LogP contribution >= 0.6 is 0 Å². The van der Waals surface area contributed by atoms with Crippen LogP contribution < -0.4 is 10.3 Å². The SMILES string of the molecule is BC[C@@H](c1ccc(OCCCC)c2[nH]c(=O)ccc12)C(C)C(C)(C)[Si](C)(C)O. The van der Waals surface area contributed by atoms with Crippen LogP contribution in [0.5, 0.6) is 5.75 Å². The Kier molecular flexibility index (Phi) is 7.21. The maximum Gasteiger partial charge on any atom is 0.248 e. The van der Waals surface area contributed by atoms with Gasteiger partial charge in [0.1, 0.15) is 13.6 Å². The Morgan fingerprint density at radius 1 is 1.25 bits per heavy atom. The molecule has 2 aromatic rings. The maximum atomic E-state index is 12.0.